The zero-order chi connectivity index (χ0) is 12.4. The van der Waals surface area contributed by atoms with Gasteiger partial charge in [-0.15, -0.1) is 0 Å². The summed E-state index contributed by atoms with van der Waals surface area (Å²) in [4.78, 5) is 15.2. The van der Waals surface area contributed by atoms with Crippen molar-refractivity contribution < 1.29 is 9.32 Å². The molecule has 2 N–H and O–H groups in total. The van der Waals surface area contributed by atoms with E-state index in [1.54, 1.807) is 24.3 Å². The fourth-order valence-electron chi connectivity index (χ4n) is 1.36. The van der Waals surface area contributed by atoms with Crippen molar-refractivity contribution in [3.63, 3.8) is 0 Å². The molecule has 0 saturated heterocycles. The molecule has 1 heterocycles. The van der Waals surface area contributed by atoms with Crippen LogP contribution in [0.25, 0.3) is 11.5 Å². The Balaban J connectivity index is 2.30. The van der Waals surface area contributed by atoms with Crippen LogP contribution in [-0.2, 0) is 0 Å². The van der Waals surface area contributed by atoms with E-state index < -0.39 is 5.91 Å². The second-order valence-corrected chi connectivity index (χ2v) is 4.05. The first-order chi connectivity index (χ1) is 8.08. The van der Waals surface area contributed by atoms with Crippen molar-refractivity contribution in [2.45, 2.75) is 19.8 Å². The van der Waals surface area contributed by atoms with Gasteiger partial charge in [0.05, 0.1) is 0 Å². The number of primary amides is 1. The quantitative estimate of drug-likeness (QED) is 0.875. The Hall–Kier alpha value is -2.17. The van der Waals surface area contributed by atoms with Crippen LogP contribution in [0.1, 0.15) is 35.9 Å². The molecule has 0 spiro atoms. The van der Waals surface area contributed by atoms with E-state index in [0.29, 0.717) is 17.3 Å². The molecule has 2 aromatic rings. The molecule has 1 aromatic heterocycles. The smallest absolute Gasteiger partial charge is 0.257 e. The van der Waals surface area contributed by atoms with Crippen molar-refractivity contribution >= 4 is 5.91 Å². The Morgan fingerprint density at radius 3 is 2.41 bits per heavy atom. The third-order valence-corrected chi connectivity index (χ3v) is 2.37. The van der Waals surface area contributed by atoms with Gasteiger partial charge in [-0.05, 0) is 24.3 Å². The third-order valence-electron chi connectivity index (χ3n) is 2.37. The van der Waals surface area contributed by atoms with E-state index in [1.165, 1.54) is 0 Å². The van der Waals surface area contributed by atoms with Gasteiger partial charge in [0, 0.05) is 17.0 Å². The summed E-state index contributed by atoms with van der Waals surface area (Å²) >= 11 is 0. The van der Waals surface area contributed by atoms with Crippen molar-refractivity contribution in [3.8, 4) is 11.5 Å². The highest BCUT2D eigenvalue weighted by atomic mass is 16.5. The van der Waals surface area contributed by atoms with Crippen molar-refractivity contribution in [1.29, 1.82) is 0 Å². The molecule has 0 radical (unpaired) electrons. The van der Waals surface area contributed by atoms with Crippen LogP contribution in [0.3, 0.4) is 0 Å². The summed E-state index contributed by atoms with van der Waals surface area (Å²) in [5.74, 6) is 0.881. The van der Waals surface area contributed by atoms with Crippen molar-refractivity contribution in [2.24, 2.45) is 5.73 Å². The highest BCUT2D eigenvalue weighted by molar-refractivity contribution is 5.93. The normalized spacial score (nSPS) is 10.8. The molecule has 2 rings (SSSR count). The van der Waals surface area contributed by atoms with Crippen LogP contribution in [0.5, 0.6) is 0 Å². The van der Waals surface area contributed by atoms with E-state index in [9.17, 15) is 4.79 Å². The molecule has 5 nitrogen and oxygen atoms in total. The maximum atomic E-state index is 10.9. The average molecular weight is 231 g/mol. The van der Waals surface area contributed by atoms with Crippen molar-refractivity contribution in [3.05, 3.63) is 35.7 Å². The first-order valence-corrected chi connectivity index (χ1v) is 5.32. The predicted molar refractivity (Wildman–Crippen MR) is 62.3 cm³/mol. The van der Waals surface area contributed by atoms with E-state index in [0.717, 1.165) is 5.56 Å². The molecular weight excluding hydrogens is 218 g/mol. The SMILES string of the molecule is CC(C)c1noc(-c2ccc(C(N)=O)cc2)n1. The molecule has 0 aliphatic heterocycles. The number of nitrogens with two attached hydrogens (primary N) is 1. The predicted octanol–water partition coefficient (Wildman–Crippen LogP) is 1.96. The van der Waals surface area contributed by atoms with Crippen LogP contribution in [0.2, 0.25) is 0 Å². The average Bonchev–Trinajstić information content (AvgIpc) is 2.78. The second-order valence-electron chi connectivity index (χ2n) is 4.05. The number of carbonyl (C=O) groups excluding carboxylic acids is 1. The van der Waals surface area contributed by atoms with Crippen LogP contribution in [0.15, 0.2) is 28.8 Å². The van der Waals surface area contributed by atoms with Gasteiger partial charge in [0.1, 0.15) is 0 Å². The monoisotopic (exact) mass is 231 g/mol. The molecule has 0 saturated carbocycles. The van der Waals surface area contributed by atoms with Gasteiger partial charge in [0.2, 0.25) is 5.91 Å². The van der Waals surface area contributed by atoms with E-state index >= 15 is 0 Å². The van der Waals surface area contributed by atoms with Crippen LogP contribution in [0, 0.1) is 0 Å². The number of aromatic nitrogens is 2. The Kier molecular flexibility index (Phi) is 2.91. The minimum Gasteiger partial charge on any atom is -0.366 e. The second kappa shape index (κ2) is 4.37. The molecule has 1 aromatic carbocycles. The van der Waals surface area contributed by atoms with Gasteiger partial charge in [-0.1, -0.05) is 19.0 Å². The summed E-state index contributed by atoms with van der Waals surface area (Å²) in [5.41, 5.74) is 6.38. The number of hydrogen-bond acceptors (Lipinski definition) is 4. The number of benzene rings is 1. The summed E-state index contributed by atoms with van der Waals surface area (Å²) in [6, 6.07) is 6.74. The molecule has 0 fully saturated rings. The highest BCUT2D eigenvalue weighted by Crippen LogP contribution is 2.20. The topological polar surface area (TPSA) is 82.0 Å². The lowest BCUT2D eigenvalue weighted by Crippen LogP contribution is -2.10. The highest BCUT2D eigenvalue weighted by Gasteiger charge is 2.11. The Bertz CT molecular complexity index is 529. The molecule has 0 atom stereocenters. The van der Waals surface area contributed by atoms with Gasteiger partial charge in [0.15, 0.2) is 5.82 Å². The minimum atomic E-state index is -0.454. The summed E-state index contributed by atoms with van der Waals surface area (Å²) < 4.78 is 5.14. The molecule has 1 amide bonds. The van der Waals surface area contributed by atoms with Crippen molar-refractivity contribution in [1.82, 2.24) is 10.1 Å². The molecule has 88 valence electrons. The number of carbonyl (C=O) groups is 1. The number of nitrogens with zero attached hydrogens (tertiary/aromatic N) is 2. The van der Waals surface area contributed by atoms with E-state index in [4.69, 9.17) is 10.3 Å². The number of hydrogen-bond donors (Lipinski definition) is 1. The van der Waals surface area contributed by atoms with Crippen LogP contribution in [0.4, 0.5) is 0 Å². The Morgan fingerprint density at radius 2 is 1.94 bits per heavy atom. The van der Waals surface area contributed by atoms with E-state index in [-0.39, 0.29) is 5.92 Å². The van der Waals surface area contributed by atoms with Crippen molar-refractivity contribution in [2.75, 3.05) is 0 Å². The molecule has 17 heavy (non-hydrogen) atoms. The van der Waals surface area contributed by atoms with Crippen LogP contribution >= 0.6 is 0 Å². The van der Waals surface area contributed by atoms with Crippen LogP contribution < -0.4 is 5.73 Å². The zero-order valence-electron chi connectivity index (χ0n) is 9.68. The minimum absolute atomic E-state index is 0.220. The molecule has 0 unspecified atom stereocenters. The number of rotatable bonds is 3. The summed E-state index contributed by atoms with van der Waals surface area (Å²) in [5, 5.41) is 3.87. The Morgan fingerprint density at radius 1 is 1.29 bits per heavy atom. The third kappa shape index (κ3) is 2.33. The fraction of sp³-hybridized carbons (Fsp3) is 0.250. The van der Waals surface area contributed by atoms with Gasteiger partial charge in [-0.2, -0.15) is 4.98 Å². The summed E-state index contributed by atoms with van der Waals surface area (Å²) in [6.45, 7) is 3.98. The van der Waals surface area contributed by atoms with Gasteiger partial charge >= 0.3 is 0 Å². The molecule has 0 aliphatic rings. The van der Waals surface area contributed by atoms with Crippen LogP contribution in [-0.4, -0.2) is 16.0 Å². The van der Waals surface area contributed by atoms with Gasteiger partial charge in [-0.25, -0.2) is 0 Å². The molecule has 0 aliphatic carbocycles. The van der Waals surface area contributed by atoms with Gasteiger partial charge in [0.25, 0.3) is 5.89 Å². The fourth-order valence-corrected chi connectivity index (χ4v) is 1.36. The lowest BCUT2D eigenvalue weighted by Gasteiger charge is -1.96. The van der Waals surface area contributed by atoms with E-state index in [1.807, 2.05) is 13.8 Å². The lowest BCUT2D eigenvalue weighted by atomic mass is 10.1. The van der Waals surface area contributed by atoms with Gasteiger partial charge < -0.3 is 10.3 Å². The first-order valence-electron chi connectivity index (χ1n) is 5.32. The number of amides is 1. The standard InChI is InChI=1S/C12H13N3O2/c1-7(2)11-14-12(17-15-11)9-5-3-8(4-6-9)10(13)16/h3-7H,1-2H3,(H2,13,16). The van der Waals surface area contributed by atoms with Gasteiger partial charge in [-0.3, -0.25) is 4.79 Å². The maximum absolute atomic E-state index is 10.9. The first kappa shape index (κ1) is 11.3. The molecule has 5 heteroatoms. The van der Waals surface area contributed by atoms with E-state index in [2.05, 4.69) is 10.1 Å². The molecule has 0 bridgehead atoms. The summed E-state index contributed by atoms with van der Waals surface area (Å²) in [6.07, 6.45) is 0. The Labute approximate surface area is 98.6 Å². The maximum Gasteiger partial charge on any atom is 0.257 e. The zero-order valence-corrected chi connectivity index (χ0v) is 9.68. The largest absolute Gasteiger partial charge is 0.366 e. The summed E-state index contributed by atoms with van der Waals surface area (Å²) in [7, 11) is 0. The molecular formula is C12H13N3O2. The lowest BCUT2D eigenvalue weighted by molar-refractivity contribution is 0.100.